The van der Waals surface area contributed by atoms with Gasteiger partial charge in [-0.3, -0.25) is 0 Å². The Hall–Kier alpha value is -2.78. The van der Waals surface area contributed by atoms with Crippen LogP contribution in [0.1, 0.15) is 53.6 Å². The van der Waals surface area contributed by atoms with Gasteiger partial charge in [-0.2, -0.15) is 0 Å². The Morgan fingerprint density at radius 2 is 0.889 bits per heavy atom. The predicted octanol–water partition coefficient (Wildman–Crippen LogP) is 5.52. The molecule has 0 radical (unpaired) electrons. The number of benzene rings is 4. The van der Waals surface area contributed by atoms with Gasteiger partial charge in [-0.25, -0.2) is 0 Å². The Morgan fingerprint density at radius 1 is 0.467 bits per heavy atom. The summed E-state index contributed by atoms with van der Waals surface area (Å²) in [6.07, 6.45) is 5.20. The number of hydrogen-bond donors (Lipinski definition) is 0. The normalized spacial score (nSPS) is 16.0. The predicted molar refractivity (Wildman–Crippen MR) is 182 cm³/mol. The molecule has 0 saturated carbocycles. The maximum absolute atomic E-state index is 2.60. The Bertz CT molecular complexity index is 1890. The molecule has 2 aliphatic carbocycles. The Kier molecular flexibility index (Phi) is 9.67. The third-order valence-corrected chi connectivity index (χ3v) is 14.4. The number of fused-ring (bicyclic) bond motifs is 2. The molecule has 220 valence electrons. The van der Waals surface area contributed by atoms with E-state index >= 15 is 0 Å². The molecule has 8 rings (SSSR count). The average Bonchev–Trinajstić information content (AvgIpc) is 3.82. The van der Waals surface area contributed by atoms with Crippen molar-refractivity contribution < 1.29 is 48.0 Å². The van der Waals surface area contributed by atoms with E-state index in [1.54, 1.807) is 6.56 Å². The second-order valence-corrected chi connectivity index (χ2v) is 17.5. The molecule has 4 aromatic carbocycles. The third kappa shape index (κ3) is 5.95. The SMILES string of the molecule is Cc1ccc(C2[C]([Zr+2][C]3=Cc4c(-c5ccccc5)cccc4C3c3ccc(C)s3)=Cc3c(-c4ccccc4)cccc32)s1.[Cl-].[Cl-]. The number of thiophene rings is 2. The summed E-state index contributed by atoms with van der Waals surface area (Å²) in [5.41, 5.74) is 11.1. The van der Waals surface area contributed by atoms with Gasteiger partial charge < -0.3 is 24.8 Å². The first-order valence-electron chi connectivity index (χ1n) is 14.8. The van der Waals surface area contributed by atoms with E-state index in [1.165, 1.54) is 64.0 Å². The van der Waals surface area contributed by atoms with Gasteiger partial charge in [-0.05, 0) is 0 Å². The van der Waals surface area contributed by atoms with Crippen molar-refractivity contribution in [2.75, 3.05) is 0 Å². The zero-order valence-corrected chi connectivity index (χ0v) is 30.5. The molecule has 0 bridgehead atoms. The van der Waals surface area contributed by atoms with Gasteiger partial charge >= 0.3 is 276 Å². The molecule has 0 saturated heterocycles. The maximum atomic E-state index is 2.60. The van der Waals surface area contributed by atoms with Crippen LogP contribution in [-0.4, -0.2) is 0 Å². The number of allylic oxidation sites excluding steroid dienone is 2. The van der Waals surface area contributed by atoms with Crippen LogP contribution < -0.4 is 24.8 Å². The van der Waals surface area contributed by atoms with E-state index in [0.717, 1.165) is 0 Å². The van der Waals surface area contributed by atoms with E-state index in [9.17, 15) is 0 Å². The molecule has 2 heterocycles. The number of halogens is 2. The minimum atomic E-state index is -1.17. The zero-order valence-electron chi connectivity index (χ0n) is 24.9. The maximum Gasteiger partial charge on any atom is -1.00 e. The number of aryl methyl sites for hydroxylation is 2. The summed E-state index contributed by atoms with van der Waals surface area (Å²) in [6, 6.07) is 45.1. The fourth-order valence-electron chi connectivity index (χ4n) is 6.76. The molecule has 2 aliphatic rings. The van der Waals surface area contributed by atoms with E-state index < -0.39 is 23.2 Å². The van der Waals surface area contributed by atoms with Crippen molar-refractivity contribution in [1.29, 1.82) is 0 Å². The van der Waals surface area contributed by atoms with Crippen LogP contribution in [0.4, 0.5) is 0 Å². The second kappa shape index (κ2) is 13.5. The molecule has 0 nitrogen and oxygen atoms in total. The molecule has 2 aromatic heterocycles. The minimum absolute atomic E-state index is 0. The summed E-state index contributed by atoms with van der Waals surface area (Å²) in [7, 11) is 0. The van der Waals surface area contributed by atoms with E-state index in [1.807, 2.05) is 22.7 Å². The van der Waals surface area contributed by atoms with Crippen molar-refractivity contribution >= 4 is 34.8 Å². The Balaban J connectivity index is 0.00000179. The van der Waals surface area contributed by atoms with Crippen molar-refractivity contribution in [2.24, 2.45) is 0 Å². The molecule has 2 atom stereocenters. The summed E-state index contributed by atoms with van der Waals surface area (Å²) in [4.78, 5) is 5.75. The molecule has 45 heavy (non-hydrogen) atoms. The summed E-state index contributed by atoms with van der Waals surface area (Å²) >= 11 is 2.76. The second-order valence-electron chi connectivity index (χ2n) is 11.4. The monoisotopic (exact) mass is 734 g/mol. The van der Waals surface area contributed by atoms with Crippen LogP contribution in [0.5, 0.6) is 0 Å². The van der Waals surface area contributed by atoms with Gasteiger partial charge in [0.25, 0.3) is 0 Å². The molecule has 0 amide bonds. The molecule has 0 aliphatic heterocycles. The van der Waals surface area contributed by atoms with Crippen molar-refractivity contribution in [2.45, 2.75) is 25.7 Å². The van der Waals surface area contributed by atoms with Gasteiger partial charge in [0.05, 0.1) is 0 Å². The van der Waals surface area contributed by atoms with Crippen LogP contribution in [-0.2, 0) is 23.2 Å². The average molecular weight is 737 g/mol. The summed E-state index contributed by atoms with van der Waals surface area (Å²) in [5.74, 6) is 0.709. The molecule has 0 spiro atoms. The van der Waals surface area contributed by atoms with Crippen LogP contribution in [0.15, 0.2) is 128 Å². The van der Waals surface area contributed by atoms with E-state index in [0.29, 0.717) is 11.8 Å². The van der Waals surface area contributed by atoms with Crippen molar-refractivity contribution in [3.05, 3.63) is 170 Å². The van der Waals surface area contributed by atoms with E-state index in [-0.39, 0.29) is 24.8 Å². The van der Waals surface area contributed by atoms with Crippen molar-refractivity contribution in [3.63, 3.8) is 0 Å². The largest absolute Gasteiger partial charge is 1.00 e. The molecule has 2 unspecified atom stereocenters. The zero-order chi connectivity index (χ0) is 28.9. The Labute approximate surface area is 298 Å². The van der Waals surface area contributed by atoms with Gasteiger partial charge in [0.15, 0.2) is 0 Å². The van der Waals surface area contributed by atoms with Crippen LogP contribution >= 0.6 is 22.7 Å². The first kappa shape index (κ1) is 32.2. The molecular weight excluding hydrogens is 707 g/mol. The summed E-state index contributed by atoms with van der Waals surface area (Å²) in [5, 5.41) is 0. The van der Waals surface area contributed by atoms with Gasteiger partial charge in [-0.15, -0.1) is 0 Å². The molecule has 0 N–H and O–H groups in total. The minimum Gasteiger partial charge on any atom is -1.00 e. The van der Waals surface area contributed by atoms with E-state index in [4.69, 9.17) is 0 Å². The molecule has 5 heteroatoms. The summed E-state index contributed by atoms with van der Waals surface area (Å²) in [6.45, 7) is 4.48. The van der Waals surface area contributed by atoms with Crippen molar-refractivity contribution in [3.8, 4) is 22.3 Å². The molecular formula is C40H30Cl2S2Zr. The third-order valence-electron chi connectivity index (χ3n) is 8.67. The van der Waals surface area contributed by atoms with Gasteiger partial charge in [0.1, 0.15) is 0 Å². The van der Waals surface area contributed by atoms with Crippen molar-refractivity contribution in [1.82, 2.24) is 0 Å². The van der Waals surface area contributed by atoms with Crippen LogP contribution in [0.2, 0.25) is 0 Å². The first-order chi connectivity index (χ1) is 21.1. The standard InChI is InChI=1S/2C20H15S.2ClH.Zr/c2*1-14-10-13-20(21-14)19-12-11-18-16(8-5-9-17(18)19)15-6-3-2-4-7-15;;;/h2*2-11,13,19H,1H3;2*1H;/q;;;;+2/p-2. The molecule has 0 fully saturated rings. The summed E-state index contributed by atoms with van der Waals surface area (Å²) < 4.78 is 3.34. The Morgan fingerprint density at radius 3 is 1.27 bits per heavy atom. The smallest absolute Gasteiger partial charge is 1.00 e. The fraction of sp³-hybridized carbons (Fsp3) is 0.100. The fourth-order valence-corrected chi connectivity index (χ4v) is 13.4. The van der Waals surface area contributed by atoms with Gasteiger partial charge in [0, 0.05) is 0 Å². The molecule has 6 aromatic rings. The number of rotatable bonds is 6. The van der Waals surface area contributed by atoms with Gasteiger partial charge in [0.2, 0.25) is 0 Å². The van der Waals surface area contributed by atoms with E-state index in [2.05, 4.69) is 147 Å². The quantitative estimate of drug-likeness (QED) is 0.212. The number of hydrogen-bond acceptors (Lipinski definition) is 2. The van der Waals surface area contributed by atoms with Crippen LogP contribution in [0, 0.1) is 13.8 Å². The van der Waals surface area contributed by atoms with Crippen LogP contribution in [0.25, 0.3) is 34.4 Å². The van der Waals surface area contributed by atoms with Gasteiger partial charge in [-0.1, -0.05) is 0 Å². The van der Waals surface area contributed by atoms with Crippen LogP contribution in [0.3, 0.4) is 0 Å². The first-order valence-corrected chi connectivity index (χ1v) is 18.9. The topological polar surface area (TPSA) is 0 Å².